The molecule has 1 saturated carbocycles. The third kappa shape index (κ3) is 4.56. The Hall–Kier alpha value is -3.10. The van der Waals surface area contributed by atoms with Crippen molar-refractivity contribution >= 4 is 17.7 Å². The monoisotopic (exact) mass is 450 g/mol. The topological polar surface area (TPSA) is 68.6 Å². The van der Waals surface area contributed by atoms with Gasteiger partial charge in [0.1, 0.15) is 5.69 Å². The van der Waals surface area contributed by atoms with Crippen molar-refractivity contribution in [2.45, 2.75) is 45.8 Å². The molecule has 32 heavy (non-hydrogen) atoms. The second-order valence-electron chi connectivity index (χ2n) is 7.88. The molecule has 2 aromatic rings. The molecular formula is C23H25F3N2O4. The van der Waals surface area contributed by atoms with E-state index in [-0.39, 0.29) is 36.2 Å². The van der Waals surface area contributed by atoms with Gasteiger partial charge in [0, 0.05) is 29.9 Å². The SMILES string of the molecule is CCOC(=O)c1c(C)c(C(=O)CN(C(=O)c2cccc(C(F)(F)F)c2)C2CC2)c(C)n1C. The maximum absolute atomic E-state index is 13.2. The highest BCUT2D eigenvalue weighted by atomic mass is 19.4. The van der Waals surface area contributed by atoms with Crippen LogP contribution in [-0.2, 0) is 18.0 Å². The average molecular weight is 450 g/mol. The van der Waals surface area contributed by atoms with Crippen molar-refractivity contribution in [3.63, 3.8) is 0 Å². The van der Waals surface area contributed by atoms with Crippen LogP contribution >= 0.6 is 0 Å². The van der Waals surface area contributed by atoms with Gasteiger partial charge in [0.15, 0.2) is 5.78 Å². The molecule has 1 fully saturated rings. The fourth-order valence-electron chi connectivity index (χ4n) is 3.86. The van der Waals surface area contributed by atoms with E-state index < -0.39 is 23.6 Å². The predicted octanol–water partition coefficient (Wildman–Crippen LogP) is 4.32. The molecule has 1 aliphatic carbocycles. The van der Waals surface area contributed by atoms with Crippen molar-refractivity contribution in [3.8, 4) is 0 Å². The van der Waals surface area contributed by atoms with Crippen LogP contribution in [0.25, 0.3) is 0 Å². The molecule has 0 unspecified atom stereocenters. The summed E-state index contributed by atoms with van der Waals surface area (Å²) in [6, 6.07) is 4.00. The number of nitrogens with zero attached hydrogens (tertiary/aromatic N) is 2. The van der Waals surface area contributed by atoms with Crippen molar-refractivity contribution in [1.29, 1.82) is 0 Å². The van der Waals surface area contributed by atoms with Gasteiger partial charge in [-0.05, 0) is 57.4 Å². The van der Waals surface area contributed by atoms with Crippen molar-refractivity contribution in [2.75, 3.05) is 13.2 Å². The smallest absolute Gasteiger partial charge is 0.416 e. The molecule has 1 heterocycles. The summed E-state index contributed by atoms with van der Waals surface area (Å²) in [6.45, 7) is 4.92. The largest absolute Gasteiger partial charge is 0.461 e. The Morgan fingerprint density at radius 1 is 1.19 bits per heavy atom. The summed E-state index contributed by atoms with van der Waals surface area (Å²) < 4.78 is 45.8. The molecule has 0 atom stereocenters. The molecule has 0 aliphatic heterocycles. The van der Waals surface area contributed by atoms with E-state index in [9.17, 15) is 27.6 Å². The molecule has 0 N–H and O–H groups in total. The van der Waals surface area contributed by atoms with E-state index in [1.54, 1.807) is 32.4 Å². The Morgan fingerprint density at radius 3 is 2.41 bits per heavy atom. The van der Waals surface area contributed by atoms with E-state index in [0.29, 0.717) is 29.7 Å². The molecular weight excluding hydrogens is 425 g/mol. The normalized spacial score (nSPS) is 13.7. The Labute approximate surface area is 184 Å². The van der Waals surface area contributed by atoms with Crippen LogP contribution in [0.4, 0.5) is 13.2 Å². The van der Waals surface area contributed by atoms with Gasteiger partial charge < -0.3 is 14.2 Å². The molecule has 0 radical (unpaired) electrons. The molecule has 1 aromatic carbocycles. The second kappa shape index (κ2) is 8.80. The molecule has 0 saturated heterocycles. The quantitative estimate of drug-likeness (QED) is 0.465. The first-order valence-electron chi connectivity index (χ1n) is 10.3. The van der Waals surface area contributed by atoms with E-state index in [0.717, 1.165) is 12.1 Å². The van der Waals surface area contributed by atoms with E-state index in [2.05, 4.69) is 0 Å². The van der Waals surface area contributed by atoms with Crippen molar-refractivity contribution in [3.05, 3.63) is 57.9 Å². The number of ether oxygens (including phenoxy) is 1. The summed E-state index contributed by atoms with van der Waals surface area (Å²) in [5.74, 6) is -1.55. The summed E-state index contributed by atoms with van der Waals surface area (Å²) >= 11 is 0. The van der Waals surface area contributed by atoms with Crippen LogP contribution in [0.15, 0.2) is 24.3 Å². The Bertz CT molecular complexity index is 1070. The predicted molar refractivity (Wildman–Crippen MR) is 111 cm³/mol. The lowest BCUT2D eigenvalue weighted by molar-refractivity contribution is -0.137. The molecule has 6 nitrogen and oxygen atoms in total. The van der Waals surface area contributed by atoms with Gasteiger partial charge in [-0.3, -0.25) is 9.59 Å². The first-order valence-corrected chi connectivity index (χ1v) is 10.3. The van der Waals surface area contributed by atoms with Crippen LogP contribution < -0.4 is 0 Å². The minimum atomic E-state index is -4.57. The number of alkyl halides is 3. The highest BCUT2D eigenvalue weighted by Crippen LogP contribution is 2.32. The molecule has 0 spiro atoms. The van der Waals surface area contributed by atoms with Crippen LogP contribution in [0, 0.1) is 13.8 Å². The highest BCUT2D eigenvalue weighted by molar-refractivity contribution is 6.06. The summed E-state index contributed by atoms with van der Waals surface area (Å²) in [5, 5.41) is 0. The Balaban J connectivity index is 1.90. The van der Waals surface area contributed by atoms with Crippen LogP contribution in [0.1, 0.15) is 67.8 Å². The van der Waals surface area contributed by atoms with Crippen molar-refractivity contribution in [1.82, 2.24) is 9.47 Å². The van der Waals surface area contributed by atoms with Gasteiger partial charge in [0.25, 0.3) is 5.91 Å². The van der Waals surface area contributed by atoms with Crippen LogP contribution in [0.5, 0.6) is 0 Å². The standard InChI is InChI=1S/C23H25F3N2O4/c1-5-32-22(31)20-13(2)19(14(3)27(20)4)18(29)12-28(17-9-10-17)21(30)15-7-6-8-16(11-15)23(24,25)26/h6-8,11,17H,5,9-10,12H2,1-4H3. The Morgan fingerprint density at radius 2 is 1.84 bits per heavy atom. The number of aromatic nitrogens is 1. The van der Waals surface area contributed by atoms with Gasteiger partial charge in [0.2, 0.25) is 0 Å². The number of ketones is 1. The van der Waals surface area contributed by atoms with Crippen LogP contribution in [0.2, 0.25) is 0 Å². The zero-order valence-electron chi connectivity index (χ0n) is 18.4. The lowest BCUT2D eigenvalue weighted by Crippen LogP contribution is -2.38. The summed E-state index contributed by atoms with van der Waals surface area (Å²) in [4.78, 5) is 39.9. The number of esters is 1. The minimum Gasteiger partial charge on any atom is -0.461 e. The number of carbonyl (C=O) groups excluding carboxylic acids is 3. The number of rotatable bonds is 7. The Kier molecular flexibility index (Phi) is 6.48. The molecule has 172 valence electrons. The van der Waals surface area contributed by atoms with Crippen molar-refractivity contribution in [2.24, 2.45) is 7.05 Å². The van der Waals surface area contributed by atoms with E-state index in [4.69, 9.17) is 4.74 Å². The van der Waals surface area contributed by atoms with Crippen molar-refractivity contribution < 1.29 is 32.3 Å². The lowest BCUT2D eigenvalue weighted by atomic mass is 10.0. The third-order valence-electron chi connectivity index (χ3n) is 5.68. The van der Waals surface area contributed by atoms with Gasteiger partial charge in [-0.15, -0.1) is 0 Å². The van der Waals surface area contributed by atoms with Gasteiger partial charge in [-0.2, -0.15) is 13.2 Å². The van der Waals surface area contributed by atoms with Gasteiger partial charge in [-0.1, -0.05) is 6.07 Å². The summed E-state index contributed by atoms with van der Waals surface area (Å²) in [6.07, 6.45) is -3.21. The third-order valence-corrected chi connectivity index (χ3v) is 5.68. The average Bonchev–Trinajstić information content (AvgIpc) is 3.53. The minimum absolute atomic E-state index is 0.117. The molecule has 9 heteroatoms. The van der Waals surface area contributed by atoms with Gasteiger partial charge >= 0.3 is 12.1 Å². The second-order valence-corrected chi connectivity index (χ2v) is 7.88. The molecule has 1 amide bonds. The number of halogens is 3. The van der Waals surface area contributed by atoms with Crippen LogP contribution in [-0.4, -0.2) is 46.3 Å². The maximum atomic E-state index is 13.2. The lowest BCUT2D eigenvalue weighted by Gasteiger charge is -2.22. The number of amides is 1. The fourth-order valence-corrected chi connectivity index (χ4v) is 3.86. The number of benzene rings is 1. The van der Waals surface area contributed by atoms with Gasteiger partial charge in [0.05, 0.1) is 18.7 Å². The highest BCUT2D eigenvalue weighted by Gasteiger charge is 2.37. The summed E-state index contributed by atoms with van der Waals surface area (Å²) in [5.41, 5.74) is 0.550. The van der Waals surface area contributed by atoms with E-state index in [1.807, 2.05) is 0 Å². The molecule has 1 aromatic heterocycles. The fraction of sp³-hybridized carbons (Fsp3) is 0.435. The maximum Gasteiger partial charge on any atom is 0.416 e. The van der Waals surface area contributed by atoms with E-state index in [1.165, 1.54) is 17.0 Å². The number of hydrogen-bond donors (Lipinski definition) is 0. The first kappa shape index (κ1) is 23.6. The van der Waals surface area contributed by atoms with Gasteiger partial charge in [-0.25, -0.2) is 4.79 Å². The van der Waals surface area contributed by atoms with E-state index >= 15 is 0 Å². The number of hydrogen-bond acceptors (Lipinski definition) is 4. The molecule has 3 rings (SSSR count). The molecule has 1 aliphatic rings. The first-order chi connectivity index (χ1) is 15.0. The number of carbonyl (C=O) groups is 3. The summed E-state index contributed by atoms with van der Waals surface area (Å²) in [7, 11) is 1.65. The number of Topliss-reactive ketones (excluding diaryl/α,β-unsaturated/α-hetero) is 1. The zero-order chi connectivity index (χ0) is 23.8. The molecule has 0 bridgehead atoms. The zero-order valence-corrected chi connectivity index (χ0v) is 18.4. The van der Waals surface area contributed by atoms with Crippen LogP contribution in [0.3, 0.4) is 0 Å².